The maximum atomic E-state index is 13.4. The minimum absolute atomic E-state index is 0.0289. The Morgan fingerprint density at radius 2 is 1.86 bits per heavy atom. The van der Waals surface area contributed by atoms with Gasteiger partial charge in [-0.15, -0.1) is 0 Å². The molecule has 0 aliphatic carbocycles. The van der Waals surface area contributed by atoms with Crippen LogP contribution in [0.1, 0.15) is 36.1 Å². The van der Waals surface area contributed by atoms with Crippen LogP contribution in [-0.4, -0.2) is 58.6 Å². The minimum Gasteiger partial charge on any atom is -0.497 e. The monoisotopic (exact) mass is 538 g/mol. The molecule has 8 nitrogen and oxygen atoms in total. The van der Waals surface area contributed by atoms with Crippen LogP contribution in [0.25, 0.3) is 6.08 Å². The first-order valence-corrected chi connectivity index (χ1v) is 13.3. The molecule has 2 aliphatic heterocycles. The predicted octanol–water partition coefficient (Wildman–Crippen LogP) is 3.63. The average molecular weight is 539 g/mol. The Morgan fingerprint density at radius 1 is 1.22 bits per heavy atom. The van der Waals surface area contributed by atoms with Gasteiger partial charge in [-0.25, -0.2) is 0 Å². The normalized spacial score (nSPS) is 21.0. The van der Waals surface area contributed by atoms with Crippen molar-refractivity contribution in [1.82, 2.24) is 9.47 Å². The minimum atomic E-state index is -0.356. The summed E-state index contributed by atoms with van der Waals surface area (Å²) in [4.78, 5) is 30.6. The number of benzene rings is 1. The van der Waals surface area contributed by atoms with Gasteiger partial charge < -0.3 is 14.4 Å². The number of nitriles is 1. The number of rotatable bonds is 6. The molecule has 2 aromatic rings. The fourth-order valence-corrected chi connectivity index (χ4v) is 6.09. The topological polar surface area (TPSA) is 87.8 Å². The van der Waals surface area contributed by atoms with Gasteiger partial charge in [-0.2, -0.15) is 5.26 Å². The molecule has 37 heavy (non-hydrogen) atoms. The Bertz CT molecular complexity index is 1350. The van der Waals surface area contributed by atoms with Crippen molar-refractivity contribution < 1.29 is 14.3 Å². The van der Waals surface area contributed by atoms with Crippen molar-refractivity contribution in [2.75, 3.05) is 31.6 Å². The lowest BCUT2D eigenvalue weighted by atomic mass is 10.0. The van der Waals surface area contributed by atoms with Crippen molar-refractivity contribution in [2.24, 2.45) is 7.05 Å². The van der Waals surface area contributed by atoms with Crippen LogP contribution in [0.15, 0.2) is 34.0 Å². The first-order chi connectivity index (χ1) is 17.6. The zero-order chi connectivity index (χ0) is 26.9. The van der Waals surface area contributed by atoms with Gasteiger partial charge >= 0.3 is 0 Å². The van der Waals surface area contributed by atoms with Crippen molar-refractivity contribution in [1.29, 1.82) is 5.26 Å². The van der Waals surface area contributed by atoms with Gasteiger partial charge in [-0.3, -0.25) is 19.1 Å². The number of anilines is 1. The summed E-state index contributed by atoms with van der Waals surface area (Å²) in [6.45, 7) is 7.37. The van der Waals surface area contributed by atoms with E-state index in [0.717, 1.165) is 11.3 Å². The molecule has 1 amide bonds. The van der Waals surface area contributed by atoms with Gasteiger partial charge in [0.15, 0.2) is 0 Å². The smallest absolute Gasteiger partial charge is 0.270 e. The van der Waals surface area contributed by atoms with Crippen LogP contribution in [0, 0.1) is 18.3 Å². The Hall–Kier alpha value is -3.13. The predicted molar refractivity (Wildman–Crippen MR) is 150 cm³/mol. The van der Waals surface area contributed by atoms with Gasteiger partial charge in [-0.1, -0.05) is 36.1 Å². The zero-order valence-corrected chi connectivity index (χ0v) is 23.2. The van der Waals surface area contributed by atoms with Crippen LogP contribution in [0.4, 0.5) is 5.82 Å². The maximum Gasteiger partial charge on any atom is 0.270 e. The van der Waals surface area contributed by atoms with E-state index in [1.54, 1.807) is 32.1 Å². The number of methoxy groups -OCH3 is 1. The number of ether oxygens (including phenoxy) is 2. The maximum absolute atomic E-state index is 13.4. The molecule has 10 heteroatoms. The Labute approximate surface area is 226 Å². The van der Waals surface area contributed by atoms with E-state index in [2.05, 4.69) is 11.0 Å². The van der Waals surface area contributed by atoms with E-state index in [9.17, 15) is 14.9 Å². The molecule has 2 fully saturated rings. The summed E-state index contributed by atoms with van der Waals surface area (Å²) >= 11 is 6.80. The highest BCUT2D eigenvalue weighted by molar-refractivity contribution is 8.26. The van der Waals surface area contributed by atoms with Gasteiger partial charge in [0, 0.05) is 32.2 Å². The molecule has 2 unspecified atom stereocenters. The van der Waals surface area contributed by atoms with Crippen LogP contribution in [0.5, 0.6) is 5.75 Å². The highest BCUT2D eigenvalue weighted by Gasteiger charge is 2.33. The summed E-state index contributed by atoms with van der Waals surface area (Å²) in [6.07, 6.45) is 2.37. The summed E-state index contributed by atoms with van der Waals surface area (Å²) in [5, 5.41) is 9.71. The Kier molecular flexibility index (Phi) is 8.07. The first kappa shape index (κ1) is 26.9. The number of hydrogen-bond donors (Lipinski definition) is 0. The third kappa shape index (κ3) is 5.44. The lowest BCUT2D eigenvalue weighted by Gasteiger charge is -2.38. The molecule has 2 saturated heterocycles. The quantitative estimate of drug-likeness (QED) is 0.407. The summed E-state index contributed by atoms with van der Waals surface area (Å²) in [6, 6.07) is 9.78. The molecular formula is C27H30N4O4S2. The number of nitrogens with zero attached hydrogens (tertiary/aromatic N) is 4. The van der Waals surface area contributed by atoms with Crippen molar-refractivity contribution in [3.8, 4) is 11.8 Å². The average Bonchev–Trinajstić information content (AvgIpc) is 3.13. The lowest BCUT2D eigenvalue weighted by molar-refractivity contribution is -0.122. The molecule has 1 aromatic heterocycles. The number of carbonyl (C=O) groups excluding carboxylic acids is 1. The number of thiocarbonyl (C=S) groups is 1. The third-order valence-electron chi connectivity index (χ3n) is 6.62. The van der Waals surface area contributed by atoms with E-state index in [-0.39, 0.29) is 29.2 Å². The molecule has 3 heterocycles. The molecule has 194 valence electrons. The first-order valence-electron chi connectivity index (χ1n) is 12.1. The van der Waals surface area contributed by atoms with E-state index >= 15 is 0 Å². The highest BCUT2D eigenvalue weighted by atomic mass is 32.2. The summed E-state index contributed by atoms with van der Waals surface area (Å²) in [5.74, 6) is 1.28. The van der Waals surface area contributed by atoms with Gasteiger partial charge in [0.2, 0.25) is 0 Å². The lowest BCUT2D eigenvalue weighted by Crippen LogP contribution is -2.47. The van der Waals surface area contributed by atoms with Crippen LogP contribution >= 0.6 is 24.0 Å². The van der Waals surface area contributed by atoms with Crippen LogP contribution in [-0.2, 0) is 23.0 Å². The number of carbonyl (C=O) groups is 1. The number of aromatic nitrogens is 1. The van der Waals surface area contributed by atoms with Crippen molar-refractivity contribution in [3.05, 3.63) is 61.8 Å². The van der Waals surface area contributed by atoms with Crippen molar-refractivity contribution >= 4 is 46.1 Å². The zero-order valence-electron chi connectivity index (χ0n) is 21.6. The van der Waals surface area contributed by atoms with E-state index in [4.69, 9.17) is 21.7 Å². The molecule has 0 spiro atoms. The van der Waals surface area contributed by atoms with Gasteiger partial charge in [0.1, 0.15) is 27.5 Å². The number of morpholine rings is 1. The molecule has 1 aromatic carbocycles. The largest absolute Gasteiger partial charge is 0.497 e. The standard InChI is InChI=1S/C27H30N4O4S2/c1-16-14-30(15-17(2)35-16)24-21(18(3)22(13-28)25(32)29(24)4)12-23-26(33)31(27(36)37-23)11-10-19-6-8-20(34-5)9-7-19/h6-9,12,16-17H,10-11,14-15H2,1-5H3/b23-12-. The number of amides is 1. The molecule has 0 saturated carbocycles. The summed E-state index contributed by atoms with van der Waals surface area (Å²) in [7, 11) is 3.29. The van der Waals surface area contributed by atoms with Gasteiger partial charge in [-0.05, 0) is 56.5 Å². The molecule has 0 radical (unpaired) electrons. The SMILES string of the molecule is COc1ccc(CCN2C(=O)/C(=C/c3c(C)c(C#N)c(=O)n(C)c3N3CC(C)OC(C)C3)SC2=S)cc1. The van der Waals surface area contributed by atoms with Crippen LogP contribution in [0.2, 0.25) is 0 Å². The van der Waals surface area contributed by atoms with E-state index < -0.39 is 0 Å². The summed E-state index contributed by atoms with van der Waals surface area (Å²) in [5.41, 5.74) is 2.02. The highest BCUT2D eigenvalue weighted by Crippen LogP contribution is 2.36. The molecule has 0 N–H and O–H groups in total. The Balaban J connectivity index is 1.68. The van der Waals surface area contributed by atoms with Gasteiger partial charge in [0.05, 0.1) is 24.2 Å². The van der Waals surface area contributed by atoms with E-state index in [1.807, 2.05) is 38.1 Å². The van der Waals surface area contributed by atoms with Crippen molar-refractivity contribution in [2.45, 2.75) is 39.4 Å². The fourth-order valence-electron chi connectivity index (χ4n) is 4.80. The van der Waals surface area contributed by atoms with Crippen molar-refractivity contribution in [3.63, 3.8) is 0 Å². The molecule has 2 aliphatic rings. The number of thioether (sulfide) groups is 1. The second-order valence-corrected chi connectivity index (χ2v) is 11.0. The molecule has 2 atom stereocenters. The Morgan fingerprint density at radius 3 is 2.46 bits per heavy atom. The van der Waals surface area contributed by atoms with E-state index in [0.29, 0.717) is 52.2 Å². The molecule has 0 bridgehead atoms. The summed E-state index contributed by atoms with van der Waals surface area (Å²) < 4.78 is 13.1. The van der Waals surface area contributed by atoms with Crippen LogP contribution < -0.4 is 15.2 Å². The second kappa shape index (κ2) is 11.1. The van der Waals surface area contributed by atoms with Gasteiger partial charge in [0.25, 0.3) is 11.5 Å². The fraction of sp³-hybridized carbons (Fsp3) is 0.407. The molecular weight excluding hydrogens is 508 g/mol. The molecule has 4 rings (SSSR count). The van der Waals surface area contributed by atoms with E-state index in [1.165, 1.54) is 16.3 Å². The third-order valence-corrected chi connectivity index (χ3v) is 8.00. The number of pyridine rings is 1. The second-order valence-electron chi connectivity index (χ2n) is 9.31. The van der Waals surface area contributed by atoms with Crippen LogP contribution in [0.3, 0.4) is 0 Å². The number of hydrogen-bond acceptors (Lipinski definition) is 8.